The van der Waals surface area contributed by atoms with E-state index in [9.17, 15) is 0 Å². The summed E-state index contributed by atoms with van der Waals surface area (Å²) in [5.41, 5.74) is 2.82. The fourth-order valence-electron chi connectivity index (χ4n) is 3.38. The molecule has 20 heavy (non-hydrogen) atoms. The van der Waals surface area contributed by atoms with Crippen LogP contribution in [0.15, 0.2) is 18.2 Å². The highest BCUT2D eigenvalue weighted by Crippen LogP contribution is 2.44. The Morgan fingerprint density at radius 1 is 1.40 bits per heavy atom. The van der Waals surface area contributed by atoms with Gasteiger partial charge in [0.05, 0.1) is 12.7 Å². The van der Waals surface area contributed by atoms with Gasteiger partial charge in [-0.1, -0.05) is 48.8 Å². The summed E-state index contributed by atoms with van der Waals surface area (Å²) in [5.74, 6) is 1.62. The molecule has 0 amide bonds. The highest BCUT2D eigenvalue weighted by molar-refractivity contribution is 9.09. The molecule has 0 aromatic heterocycles. The molecule has 2 aliphatic heterocycles. The summed E-state index contributed by atoms with van der Waals surface area (Å²) < 4.78 is 11.6. The van der Waals surface area contributed by atoms with Gasteiger partial charge in [-0.25, -0.2) is 0 Å². The number of alkyl halides is 1. The van der Waals surface area contributed by atoms with Crippen LogP contribution in [0.1, 0.15) is 49.6 Å². The molecule has 110 valence electrons. The number of rotatable bonds is 3. The van der Waals surface area contributed by atoms with Gasteiger partial charge in [-0.05, 0) is 24.5 Å². The van der Waals surface area contributed by atoms with Crippen LogP contribution in [0, 0.1) is 5.92 Å². The molecule has 0 spiro atoms. The molecule has 3 atom stereocenters. The molecular weight excluding hydrogens is 316 g/mol. The minimum Gasteiger partial charge on any atom is -0.492 e. The van der Waals surface area contributed by atoms with E-state index in [1.54, 1.807) is 0 Å². The normalized spacial score (nSPS) is 29.0. The summed E-state index contributed by atoms with van der Waals surface area (Å²) in [5, 5.41) is 0. The Morgan fingerprint density at radius 2 is 2.20 bits per heavy atom. The molecule has 0 saturated carbocycles. The molecule has 2 nitrogen and oxygen atoms in total. The maximum Gasteiger partial charge on any atom is 0.123 e. The van der Waals surface area contributed by atoms with Gasteiger partial charge in [-0.3, -0.25) is 0 Å². The molecule has 1 fully saturated rings. The van der Waals surface area contributed by atoms with Crippen molar-refractivity contribution in [3.05, 3.63) is 29.3 Å². The van der Waals surface area contributed by atoms with Crippen LogP contribution in [0.4, 0.5) is 0 Å². The summed E-state index contributed by atoms with van der Waals surface area (Å²) >= 11 is 3.92. The van der Waals surface area contributed by atoms with E-state index >= 15 is 0 Å². The first-order valence-corrected chi connectivity index (χ1v) is 8.47. The second-order valence-electron chi connectivity index (χ2n) is 6.60. The van der Waals surface area contributed by atoms with Crippen LogP contribution in [-0.4, -0.2) is 19.3 Å². The average Bonchev–Trinajstić information content (AvgIpc) is 3.03. The molecule has 0 bridgehead atoms. The van der Waals surface area contributed by atoms with Crippen molar-refractivity contribution in [3.8, 4) is 5.75 Å². The van der Waals surface area contributed by atoms with Crippen molar-refractivity contribution < 1.29 is 9.47 Å². The average molecular weight is 339 g/mol. The van der Waals surface area contributed by atoms with Crippen LogP contribution in [0.5, 0.6) is 5.75 Å². The molecule has 3 rings (SSSR count). The molecule has 0 aliphatic carbocycles. The maximum absolute atomic E-state index is 5.84. The van der Waals surface area contributed by atoms with Crippen LogP contribution >= 0.6 is 15.9 Å². The molecule has 3 heteroatoms. The van der Waals surface area contributed by atoms with E-state index in [0.717, 1.165) is 31.8 Å². The first-order valence-electron chi connectivity index (χ1n) is 7.56. The Morgan fingerprint density at radius 3 is 2.95 bits per heavy atom. The van der Waals surface area contributed by atoms with Gasteiger partial charge in [-0.15, -0.1) is 0 Å². The first kappa shape index (κ1) is 14.4. The van der Waals surface area contributed by atoms with E-state index in [2.05, 4.69) is 54.9 Å². The second-order valence-corrected chi connectivity index (χ2v) is 7.59. The number of hydrogen-bond acceptors (Lipinski definition) is 2. The summed E-state index contributed by atoms with van der Waals surface area (Å²) in [6.45, 7) is 8.38. The third-order valence-corrected chi connectivity index (χ3v) is 5.89. The Kier molecular flexibility index (Phi) is 3.85. The molecule has 3 unspecified atom stereocenters. The van der Waals surface area contributed by atoms with Crippen LogP contribution in [0.2, 0.25) is 0 Å². The lowest BCUT2D eigenvalue weighted by Gasteiger charge is -2.24. The van der Waals surface area contributed by atoms with Crippen molar-refractivity contribution in [2.24, 2.45) is 5.92 Å². The molecular formula is C17H23BrO2. The predicted octanol–water partition coefficient (Wildman–Crippen LogP) is 4.61. The van der Waals surface area contributed by atoms with Gasteiger partial charge in [-0.2, -0.15) is 0 Å². The third kappa shape index (κ3) is 2.39. The zero-order valence-corrected chi connectivity index (χ0v) is 14.1. The van der Waals surface area contributed by atoms with Gasteiger partial charge in [0.2, 0.25) is 0 Å². The molecule has 2 heterocycles. The predicted molar refractivity (Wildman–Crippen MR) is 84.8 cm³/mol. The molecule has 0 N–H and O–H groups in total. The van der Waals surface area contributed by atoms with Crippen molar-refractivity contribution in [1.29, 1.82) is 0 Å². The molecule has 2 aliphatic rings. The zero-order valence-electron chi connectivity index (χ0n) is 12.5. The number of benzene rings is 1. The Hall–Kier alpha value is -0.540. The number of hydrogen-bond donors (Lipinski definition) is 0. The summed E-state index contributed by atoms with van der Waals surface area (Å²) in [6, 6.07) is 6.65. The Balaban J connectivity index is 1.88. The quantitative estimate of drug-likeness (QED) is 0.749. The molecule has 1 aromatic carbocycles. The largest absolute Gasteiger partial charge is 0.492 e. The topological polar surface area (TPSA) is 18.5 Å². The SMILES string of the molecule is CCC1OCCC1C(Br)c1ccc2c(c1)C(C)(C)CO2. The standard InChI is InChI=1S/C17H23BrO2/c1-4-14-12(7-8-19-14)16(18)11-5-6-15-13(9-11)17(2,3)10-20-15/h5-6,9,12,14,16H,4,7-8,10H2,1-3H3. The minimum absolute atomic E-state index is 0.119. The lowest BCUT2D eigenvalue weighted by Crippen LogP contribution is -2.20. The molecule has 1 aromatic rings. The van der Waals surface area contributed by atoms with Gasteiger partial charge >= 0.3 is 0 Å². The van der Waals surface area contributed by atoms with E-state index in [-0.39, 0.29) is 5.41 Å². The highest BCUT2D eigenvalue weighted by atomic mass is 79.9. The van der Waals surface area contributed by atoms with Gasteiger partial charge in [0.1, 0.15) is 5.75 Å². The molecule has 0 radical (unpaired) electrons. The molecule has 1 saturated heterocycles. The summed E-state index contributed by atoms with van der Waals surface area (Å²) in [4.78, 5) is 0.372. The van der Waals surface area contributed by atoms with E-state index < -0.39 is 0 Å². The zero-order chi connectivity index (χ0) is 14.3. The van der Waals surface area contributed by atoms with Crippen LogP contribution in [0.3, 0.4) is 0 Å². The Bertz CT molecular complexity index is 498. The van der Waals surface area contributed by atoms with Gasteiger partial charge < -0.3 is 9.47 Å². The van der Waals surface area contributed by atoms with Gasteiger partial charge in [0, 0.05) is 28.3 Å². The second kappa shape index (κ2) is 5.34. The Labute approximate surface area is 130 Å². The van der Waals surface area contributed by atoms with E-state index in [4.69, 9.17) is 9.47 Å². The smallest absolute Gasteiger partial charge is 0.123 e. The minimum atomic E-state index is 0.119. The fraction of sp³-hybridized carbons (Fsp3) is 0.647. The summed E-state index contributed by atoms with van der Waals surface area (Å²) in [6.07, 6.45) is 2.62. The van der Waals surface area contributed by atoms with Crippen molar-refractivity contribution in [3.63, 3.8) is 0 Å². The lowest BCUT2D eigenvalue weighted by molar-refractivity contribution is 0.0873. The summed E-state index contributed by atoms with van der Waals surface area (Å²) in [7, 11) is 0. The van der Waals surface area contributed by atoms with Crippen molar-refractivity contribution in [2.45, 2.75) is 50.0 Å². The van der Waals surface area contributed by atoms with Crippen molar-refractivity contribution >= 4 is 15.9 Å². The van der Waals surface area contributed by atoms with Gasteiger partial charge in [0.15, 0.2) is 0 Å². The van der Waals surface area contributed by atoms with E-state index in [0.29, 0.717) is 16.8 Å². The van der Waals surface area contributed by atoms with Crippen molar-refractivity contribution in [2.75, 3.05) is 13.2 Å². The number of halogens is 1. The lowest BCUT2D eigenvalue weighted by atomic mass is 9.84. The monoisotopic (exact) mass is 338 g/mol. The van der Waals surface area contributed by atoms with E-state index in [1.807, 2.05) is 0 Å². The maximum atomic E-state index is 5.84. The van der Waals surface area contributed by atoms with Gasteiger partial charge in [0.25, 0.3) is 0 Å². The fourth-order valence-corrected chi connectivity index (χ4v) is 4.27. The van der Waals surface area contributed by atoms with Crippen LogP contribution in [0.25, 0.3) is 0 Å². The third-order valence-electron chi connectivity index (χ3n) is 4.68. The van der Waals surface area contributed by atoms with Crippen molar-refractivity contribution in [1.82, 2.24) is 0 Å². The van der Waals surface area contributed by atoms with E-state index in [1.165, 1.54) is 11.1 Å². The van der Waals surface area contributed by atoms with Crippen LogP contribution in [-0.2, 0) is 10.2 Å². The van der Waals surface area contributed by atoms with Crippen LogP contribution < -0.4 is 4.74 Å². The first-order chi connectivity index (χ1) is 9.53. The number of ether oxygens (including phenoxy) is 2. The number of fused-ring (bicyclic) bond motifs is 1. The highest BCUT2D eigenvalue weighted by Gasteiger charge is 2.36.